The van der Waals surface area contributed by atoms with Crippen molar-refractivity contribution in [1.29, 1.82) is 0 Å². The van der Waals surface area contributed by atoms with Crippen LogP contribution in [0, 0.1) is 0 Å². The number of aliphatic hydroxyl groups is 3. The van der Waals surface area contributed by atoms with Gasteiger partial charge in [-0.2, -0.15) is 11.8 Å². The molecule has 1 rings (SSSR count). The molecule has 0 saturated carbocycles. The molecule has 10 N–H and O–H groups in total. The van der Waals surface area contributed by atoms with E-state index in [-0.39, 0.29) is 13.0 Å². The number of thioether (sulfide) groups is 1. The van der Waals surface area contributed by atoms with Gasteiger partial charge < -0.3 is 57.3 Å². The first-order valence-corrected chi connectivity index (χ1v) is 15.1. The smallest absolute Gasteiger partial charge is 0.245 e. The zero-order chi connectivity index (χ0) is 32.7. The SMILES string of the molecule is CSCC[C@H](NC(=O)[C@H](CO)NC(=O)CNC(=O)[C@@H]1CCCN1C(=O)CN)C(=O)N[C@H](C(=O)N[C@H](C=O)[C@@H](C)O)[C@@H](C)O. The Balaban J connectivity index is 2.83. The van der Waals surface area contributed by atoms with Crippen LogP contribution in [0.5, 0.6) is 0 Å². The number of carbonyl (C=O) groups is 7. The predicted octanol–water partition coefficient (Wildman–Crippen LogP) is -5.30. The van der Waals surface area contributed by atoms with Crippen molar-refractivity contribution < 1.29 is 48.9 Å². The Labute approximate surface area is 253 Å². The van der Waals surface area contributed by atoms with Gasteiger partial charge in [0, 0.05) is 6.54 Å². The first-order chi connectivity index (χ1) is 20.3. The summed E-state index contributed by atoms with van der Waals surface area (Å²) in [6.07, 6.45) is 0.447. The molecule has 0 aromatic carbocycles. The second kappa shape index (κ2) is 19.1. The number of nitrogens with two attached hydrogens (primary N) is 1. The van der Waals surface area contributed by atoms with Crippen LogP contribution in [0.25, 0.3) is 0 Å². The van der Waals surface area contributed by atoms with Crippen LogP contribution < -0.4 is 32.3 Å². The number of aliphatic hydroxyl groups excluding tert-OH is 3. The van der Waals surface area contributed by atoms with Gasteiger partial charge in [0.2, 0.25) is 35.4 Å². The lowest BCUT2D eigenvalue weighted by molar-refractivity contribution is -0.138. The van der Waals surface area contributed by atoms with Crippen molar-refractivity contribution in [2.75, 3.05) is 38.2 Å². The lowest BCUT2D eigenvalue weighted by Crippen LogP contribution is -2.61. The minimum absolute atomic E-state index is 0.0685. The maximum atomic E-state index is 13.0. The standard InChI is InChI=1S/C25H43N7O10S/c1-13(35)16(11-33)30-25(42)21(14(2)36)31-22(39)15(6-8-43-3)29-23(40)17(12-34)28-19(37)10-27-24(41)18-5-4-7-32(18)20(38)9-26/h11,13-18,21,34-36H,4-10,12,26H2,1-3H3,(H,27,41)(H,28,37)(H,29,40)(H,30,42)(H,31,39)/t13-,14-,15+,16-,17+,18+,21+/m1/s1. The van der Waals surface area contributed by atoms with E-state index in [4.69, 9.17) is 5.73 Å². The third-order valence-electron chi connectivity index (χ3n) is 6.59. The maximum Gasteiger partial charge on any atom is 0.245 e. The molecule has 0 unspecified atom stereocenters. The van der Waals surface area contributed by atoms with Gasteiger partial charge in [0.15, 0.2) is 0 Å². The summed E-state index contributed by atoms with van der Waals surface area (Å²) in [5.41, 5.74) is 5.37. The van der Waals surface area contributed by atoms with Crippen LogP contribution >= 0.6 is 11.8 Å². The number of carbonyl (C=O) groups excluding carboxylic acids is 7. The van der Waals surface area contributed by atoms with Crippen LogP contribution in [0.4, 0.5) is 0 Å². The fourth-order valence-electron chi connectivity index (χ4n) is 4.14. The van der Waals surface area contributed by atoms with E-state index in [2.05, 4.69) is 26.6 Å². The summed E-state index contributed by atoms with van der Waals surface area (Å²) >= 11 is 1.35. The van der Waals surface area contributed by atoms with Gasteiger partial charge >= 0.3 is 0 Å². The summed E-state index contributed by atoms with van der Waals surface area (Å²) in [4.78, 5) is 87.9. The normalized spacial score (nSPS) is 18.7. The minimum atomic E-state index is -1.55. The fourth-order valence-corrected chi connectivity index (χ4v) is 4.61. The number of likely N-dealkylation sites (tertiary alicyclic amines) is 1. The van der Waals surface area contributed by atoms with Crippen LogP contribution in [-0.4, -0.2) is 143 Å². The Kier molecular flexibility index (Phi) is 16.7. The molecule has 18 heteroatoms. The average molecular weight is 634 g/mol. The number of hydrogen-bond donors (Lipinski definition) is 9. The maximum absolute atomic E-state index is 13.0. The molecule has 43 heavy (non-hydrogen) atoms. The molecule has 1 fully saturated rings. The fraction of sp³-hybridized carbons (Fsp3) is 0.720. The molecular weight excluding hydrogens is 590 g/mol. The predicted molar refractivity (Wildman–Crippen MR) is 154 cm³/mol. The molecule has 0 aromatic rings. The number of nitrogens with one attached hydrogen (secondary N) is 5. The van der Waals surface area contributed by atoms with Gasteiger partial charge in [-0.25, -0.2) is 0 Å². The lowest BCUT2D eigenvalue weighted by Gasteiger charge is -2.27. The topological polar surface area (TPSA) is 270 Å². The third kappa shape index (κ3) is 12.1. The molecule has 0 aromatic heterocycles. The highest BCUT2D eigenvalue weighted by Gasteiger charge is 2.35. The van der Waals surface area contributed by atoms with Gasteiger partial charge in [-0.05, 0) is 45.1 Å². The largest absolute Gasteiger partial charge is 0.394 e. The Morgan fingerprint density at radius 1 is 0.977 bits per heavy atom. The zero-order valence-electron chi connectivity index (χ0n) is 24.4. The molecule has 6 amide bonds. The molecule has 0 radical (unpaired) electrons. The molecule has 17 nitrogen and oxygen atoms in total. The molecule has 1 aliphatic rings. The van der Waals surface area contributed by atoms with E-state index in [0.717, 1.165) is 0 Å². The van der Waals surface area contributed by atoms with Crippen LogP contribution in [0.3, 0.4) is 0 Å². The molecule has 0 aliphatic carbocycles. The van der Waals surface area contributed by atoms with Crippen LogP contribution in [0.2, 0.25) is 0 Å². The van der Waals surface area contributed by atoms with E-state index in [1.165, 1.54) is 30.5 Å². The third-order valence-corrected chi connectivity index (χ3v) is 7.23. The Hall–Kier alpha value is -3.32. The second-order valence-electron chi connectivity index (χ2n) is 9.95. The molecule has 0 spiro atoms. The summed E-state index contributed by atoms with van der Waals surface area (Å²) in [5.74, 6) is -4.17. The van der Waals surface area contributed by atoms with E-state index >= 15 is 0 Å². The monoisotopic (exact) mass is 633 g/mol. The molecule has 7 atom stereocenters. The van der Waals surface area contributed by atoms with E-state index in [0.29, 0.717) is 31.4 Å². The summed E-state index contributed by atoms with van der Waals surface area (Å²) in [6.45, 7) is 1.18. The first-order valence-electron chi connectivity index (χ1n) is 13.7. The van der Waals surface area contributed by atoms with Crippen molar-refractivity contribution >= 4 is 53.5 Å². The molecule has 1 aliphatic heterocycles. The number of nitrogens with zero attached hydrogens (tertiary/aromatic N) is 1. The average Bonchev–Trinajstić information content (AvgIpc) is 3.47. The van der Waals surface area contributed by atoms with Crippen molar-refractivity contribution in [3.8, 4) is 0 Å². The van der Waals surface area contributed by atoms with Gasteiger partial charge in [-0.3, -0.25) is 28.8 Å². The van der Waals surface area contributed by atoms with Gasteiger partial charge in [0.05, 0.1) is 31.9 Å². The highest BCUT2D eigenvalue weighted by atomic mass is 32.2. The van der Waals surface area contributed by atoms with Crippen molar-refractivity contribution in [3.05, 3.63) is 0 Å². The van der Waals surface area contributed by atoms with Crippen LogP contribution in [-0.2, 0) is 33.6 Å². The van der Waals surface area contributed by atoms with Gasteiger partial charge in [0.25, 0.3) is 0 Å². The van der Waals surface area contributed by atoms with Crippen LogP contribution in [0.1, 0.15) is 33.1 Å². The number of aldehydes is 1. The molecule has 1 heterocycles. The summed E-state index contributed by atoms with van der Waals surface area (Å²) in [5, 5.41) is 41.0. The number of hydrogen-bond acceptors (Lipinski definition) is 12. The van der Waals surface area contributed by atoms with E-state index < -0.39 is 91.0 Å². The highest BCUT2D eigenvalue weighted by Crippen LogP contribution is 2.17. The Morgan fingerprint density at radius 2 is 1.63 bits per heavy atom. The first kappa shape index (κ1) is 37.7. The van der Waals surface area contributed by atoms with Gasteiger partial charge in [-0.15, -0.1) is 0 Å². The number of amides is 6. The lowest BCUT2D eigenvalue weighted by atomic mass is 10.1. The molecule has 1 saturated heterocycles. The van der Waals surface area contributed by atoms with Crippen molar-refractivity contribution in [1.82, 2.24) is 31.5 Å². The van der Waals surface area contributed by atoms with Crippen molar-refractivity contribution in [3.63, 3.8) is 0 Å². The summed E-state index contributed by atoms with van der Waals surface area (Å²) < 4.78 is 0. The second-order valence-corrected chi connectivity index (χ2v) is 10.9. The molecule has 0 bridgehead atoms. The minimum Gasteiger partial charge on any atom is -0.394 e. The zero-order valence-corrected chi connectivity index (χ0v) is 25.2. The summed E-state index contributed by atoms with van der Waals surface area (Å²) in [7, 11) is 0. The Bertz CT molecular complexity index is 999. The van der Waals surface area contributed by atoms with E-state index in [1.807, 2.05) is 0 Å². The molecule has 244 valence electrons. The van der Waals surface area contributed by atoms with Crippen molar-refractivity contribution in [2.24, 2.45) is 5.73 Å². The van der Waals surface area contributed by atoms with Gasteiger partial charge in [-0.1, -0.05) is 0 Å². The molecular formula is C25H43N7O10S. The van der Waals surface area contributed by atoms with E-state index in [1.54, 1.807) is 6.26 Å². The Morgan fingerprint density at radius 3 is 2.16 bits per heavy atom. The quantitative estimate of drug-likeness (QED) is 0.0641. The highest BCUT2D eigenvalue weighted by molar-refractivity contribution is 7.98. The van der Waals surface area contributed by atoms with E-state index in [9.17, 15) is 48.9 Å². The van der Waals surface area contributed by atoms with Crippen LogP contribution in [0.15, 0.2) is 0 Å². The number of rotatable bonds is 18. The van der Waals surface area contributed by atoms with Gasteiger partial charge in [0.1, 0.15) is 36.5 Å². The van der Waals surface area contributed by atoms with Crippen molar-refractivity contribution in [2.45, 2.75) is 75.5 Å². The summed E-state index contributed by atoms with van der Waals surface area (Å²) in [6, 6.07) is -6.38.